The molecule has 0 saturated carbocycles. The number of hydrogen-bond donors (Lipinski definition) is 2. The molecule has 1 amide bonds. The zero-order valence-electron chi connectivity index (χ0n) is 12.6. The number of aromatic nitrogens is 2. The molecule has 0 bridgehead atoms. The monoisotopic (exact) mass is 286 g/mol. The Morgan fingerprint density at radius 2 is 2.00 bits per heavy atom. The highest BCUT2D eigenvalue weighted by molar-refractivity contribution is 5.94. The van der Waals surface area contributed by atoms with Crippen molar-refractivity contribution in [1.29, 1.82) is 0 Å². The maximum Gasteiger partial charge on any atom is 0.251 e. The maximum absolute atomic E-state index is 11.9. The van der Waals surface area contributed by atoms with Gasteiger partial charge in [0.1, 0.15) is 0 Å². The van der Waals surface area contributed by atoms with Gasteiger partial charge >= 0.3 is 0 Å². The molecule has 0 spiro atoms. The Morgan fingerprint density at radius 1 is 1.24 bits per heavy atom. The van der Waals surface area contributed by atoms with Crippen molar-refractivity contribution >= 4 is 5.91 Å². The smallest absolute Gasteiger partial charge is 0.251 e. The molecule has 2 aromatic rings. The molecule has 1 heterocycles. The molecule has 0 unspecified atom stereocenters. The first-order valence-corrected chi connectivity index (χ1v) is 7.26. The number of aryl methyl sites for hydroxylation is 2. The van der Waals surface area contributed by atoms with Gasteiger partial charge in [-0.25, -0.2) is 0 Å². The van der Waals surface area contributed by atoms with Crippen LogP contribution in [0.1, 0.15) is 28.4 Å². The zero-order chi connectivity index (χ0) is 15.1. The summed E-state index contributed by atoms with van der Waals surface area (Å²) in [6.07, 6.45) is 3.89. The summed E-state index contributed by atoms with van der Waals surface area (Å²) in [5.74, 6) is -0.0318. The predicted molar refractivity (Wildman–Crippen MR) is 83.1 cm³/mol. The van der Waals surface area contributed by atoms with Gasteiger partial charge in [-0.15, -0.1) is 0 Å². The number of benzene rings is 1. The maximum atomic E-state index is 11.9. The van der Waals surface area contributed by atoms with Crippen molar-refractivity contribution in [3.63, 3.8) is 0 Å². The summed E-state index contributed by atoms with van der Waals surface area (Å²) in [7, 11) is 0. The van der Waals surface area contributed by atoms with Gasteiger partial charge in [0, 0.05) is 43.5 Å². The summed E-state index contributed by atoms with van der Waals surface area (Å²) in [5.41, 5.74) is 3.01. The van der Waals surface area contributed by atoms with Crippen LogP contribution in [0.25, 0.3) is 0 Å². The van der Waals surface area contributed by atoms with E-state index in [4.69, 9.17) is 0 Å². The topological polar surface area (TPSA) is 59.0 Å². The fraction of sp³-hybridized carbons (Fsp3) is 0.375. The van der Waals surface area contributed by atoms with Gasteiger partial charge in [0.25, 0.3) is 5.91 Å². The first kappa shape index (κ1) is 15.3. The highest BCUT2D eigenvalue weighted by atomic mass is 16.1. The number of carbonyl (C=O) groups excluding carboxylic acids is 1. The SMILES string of the molecule is CCn1cc(CNCCNC(=O)c2ccc(C)cc2)cn1. The summed E-state index contributed by atoms with van der Waals surface area (Å²) in [6.45, 7) is 7.05. The lowest BCUT2D eigenvalue weighted by Gasteiger charge is -2.06. The second-order valence-corrected chi connectivity index (χ2v) is 5.00. The van der Waals surface area contributed by atoms with Gasteiger partial charge in [0.2, 0.25) is 0 Å². The molecule has 1 aromatic heterocycles. The van der Waals surface area contributed by atoms with E-state index in [1.165, 1.54) is 0 Å². The molecule has 0 aliphatic heterocycles. The molecule has 0 aliphatic carbocycles. The lowest BCUT2D eigenvalue weighted by molar-refractivity contribution is 0.0954. The molecule has 0 radical (unpaired) electrons. The Bertz CT molecular complexity index is 574. The van der Waals surface area contributed by atoms with E-state index in [0.29, 0.717) is 12.1 Å². The third-order valence-electron chi connectivity index (χ3n) is 3.24. The van der Waals surface area contributed by atoms with Gasteiger partial charge in [0.05, 0.1) is 6.20 Å². The lowest BCUT2D eigenvalue weighted by atomic mass is 10.1. The van der Waals surface area contributed by atoms with Crippen LogP contribution in [0.3, 0.4) is 0 Å². The Kier molecular flexibility index (Phi) is 5.51. The average molecular weight is 286 g/mol. The van der Waals surface area contributed by atoms with Crippen molar-refractivity contribution in [1.82, 2.24) is 20.4 Å². The summed E-state index contributed by atoms with van der Waals surface area (Å²) < 4.78 is 1.90. The Hall–Kier alpha value is -2.14. The molecule has 0 fully saturated rings. The van der Waals surface area contributed by atoms with Crippen molar-refractivity contribution < 1.29 is 4.79 Å². The minimum Gasteiger partial charge on any atom is -0.351 e. The van der Waals surface area contributed by atoms with Crippen LogP contribution in [0.5, 0.6) is 0 Å². The van der Waals surface area contributed by atoms with Crippen molar-refractivity contribution in [3.8, 4) is 0 Å². The third kappa shape index (κ3) is 4.72. The van der Waals surface area contributed by atoms with Crippen LogP contribution in [-0.2, 0) is 13.1 Å². The second-order valence-electron chi connectivity index (χ2n) is 5.00. The first-order chi connectivity index (χ1) is 10.2. The fourth-order valence-corrected chi connectivity index (χ4v) is 1.97. The van der Waals surface area contributed by atoms with E-state index in [1.54, 1.807) is 0 Å². The molecule has 21 heavy (non-hydrogen) atoms. The van der Waals surface area contributed by atoms with Crippen LogP contribution >= 0.6 is 0 Å². The van der Waals surface area contributed by atoms with Crippen LogP contribution < -0.4 is 10.6 Å². The molecular weight excluding hydrogens is 264 g/mol. The minimum atomic E-state index is -0.0318. The zero-order valence-corrected chi connectivity index (χ0v) is 12.6. The van der Waals surface area contributed by atoms with Crippen LogP contribution in [0.15, 0.2) is 36.7 Å². The average Bonchev–Trinajstić information content (AvgIpc) is 2.95. The number of carbonyl (C=O) groups is 1. The minimum absolute atomic E-state index is 0.0318. The molecular formula is C16H22N4O. The van der Waals surface area contributed by atoms with E-state index in [0.717, 1.165) is 30.8 Å². The first-order valence-electron chi connectivity index (χ1n) is 7.26. The second kappa shape index (κ2) is 7.59. The van der Waals surface area contributed by atoms with E-state index in [-0.39, 0.29) is 5.91 Å². The van der Waals surface area contributed by atoms with Crippen LogP contribution in [-0.4, -0.2) is 28.8 Å². The van der Waals surface area contributed by atoms with Crippen LogP contribution in [0, 0.1) is 6.92 Å². The van der Waals surface area contributed by atoms with Crippen molar-refractivity contribution in [3.05, 3.63) is 53.3 Å². The van der Waals surface area contributed by atoms with Crippen LogP contribution in [0.2, 0.25) is 0 Å². The van der Waals surface area contributed by atoms with E-state index in [2.05, 4.69) is 22.7 Å². The number of hydrogen-bond acceptors (Lipinski definition) is 3. The van der Waals surface area contributed by atoms with E-state index in [1.807, 2.05) is 48.3 Å². The van der Waals surface area contributed by atoms with Crippen molar-refractivity contribution in [2.24, 2.45) is 0 Å². The summed E-state index contributed by atoms with van der Waals surface area (Å²) in [4.78, 5) is 11.9. The summed E-state index contributed by atoms with van der Waals surface area (Å²) in [6, 6.07) is 7.57. The number of nitrogens with zero attached hydrogens (tertiary/aromatic N) is 2. The van der Waals surface area contributed by atoms with Crippen molar-refractivity contribution in [2.75, 3.05) is 13.1 Å². The predicted octanol–water partition coefficient (Wildman–Crippen LogP) is 1.73. The summed E-state index contributed by atoms with van der Waals surface area (Å²) in [5, 5.41) is 10.4. The van der Waals surface area contributed by atoms with Crippen molar-refractivity contribution in [2.45, 2.75) is 26.9 Å². The van der Waals surface area contributed by atoms with Gasteiger partial charge in [-0.3, -0.25) is 9.48 Å². The molecule has 112 valence electrons. The van der Waals surface area contributed by atoms with E-state index >= 15 is 0 Å². The largest absolute Gasteiger partial charge is 0.351 e. The number of rotatable bonds is 7. The van der Waals surface area contributed by atoms with Gasteiger partial charge < -0.3 is 10.6 Å². The van der Waals surface area contributed by atoms with Crippen LogP contribution in [0.4, 0.5) is 0 Å². The molecule has 5 nitrogen and oxygen atoms in total. The van der Waals surface area contributed by atoms with E-state index in [9.17, 15) is 4.79 Å². The molecule has 0 aliphatic rings. The summed E-state index contributed by atoms with van der Waals surface area (Å²) >= 11 is 0. The molecule has 5 heteroatoms. The Morgan fingerprint density at radius 3 is 2.67 bits per heavy atom. The quantitative estimate of drug-likeness (QED) is 0.762. The highest BCUT2D eigenvalue weighted by Gasteiger charge is 2.03. The van der Waals surface area contributed by atoms with Gasteiger partial charge in [0.15, 0.2) is 0 Å². The third-order valence-corrected chi connectivity index (χ3v) is 3.24. The number of amides is 1. The molecule has 1 aromatic carbocycles. The fourth-order valence-electron chi connectivity index (χ4n) is 1.97. The lowest BCUT2D eigenvalue weighted by Crippen LogP contribution is -2.31. The van der Waals surface area contributed by atoms with Gasteiger partial charge in [-0.2, -0.15) is 5.10 Å². The standard InChI is InChI=1S/C16H22N4O/c1-3-20-12-14(11-19-20)10-17-8-9-18-16(21)15-6-4-13(2)5-7-15/h4-7,11-12,17H,3,8-10H2,1-2H3,(H,18,21). The van der Waals surface area contributed by atoms with E-state index < -0.39 is 0 Å². The van der Waals surface area contributed by atoms with Gasteiger partial charge in [-0.1, -0.05) is 17.7 Å². The molecule has 2 rings (SSSR count). The Labute approximate surface area is 125 Å². The normalized spacial score (nSPS) is 10.6. The molecule has 0 atom stereocenters. The highest BCUT2D eigenvalue weighted by Crippen LogP contribution is 2.02. The van der Waals surface area contributed by atoms with Gasteiger partial charge in [-0.05, 0) is 26.0 Å². The Balaban J connectivity index is 1.65. The molecule has 0 saturated heterocycles. The number of nitrogens with one attached hydrogen (secondary N) is 2. The molecule has 2 N–H and O–H groups in total.